The highest BCUT2D eigenvalue weighted by atomic mass is 17.1. The fraction of sp³-hybridized carbons (Fsp3) is 0.947. The van der Waals surface area contributed by atoms with Crippen molar-refractivity contribution in [2.24, 2.45) is 35.0 Å². The molecule has 0 aliphatic heterocycles. The van der Waals surface area contributed by atoms with E-state index in [1.807, 2.05) is 0 Å². The van der Waals surface area contributed by atoms with Crippen molar-refractivity contribution in [3.8, 4) is 0 Å². The van der Waals surface area contributed by atoms with Gasteiger partial charge in [0.25, 0.3) is 0 Å². The second-order valence-electron chi connectivity index (χ2n) is 9.03. The number of rotatable bonds is 4. The minimum Gasteiger partial charge on any atom is -0.481 e. The molecule has 0 amide bonds. The first kappa shape index (κ1) is 18.2. The zero-order valence-electron chi connectivity index (χ0n) is 14.9. The lowest BCUT2D eigenvalue weighted by molar-refractivity contribution is -0.245. The van der Waals surface area contributed by atoms with Crippen LogP contribution in [0.3, 0.4) is 0 Å². The van der Waals surface area contributed by atoms with E-state index in [1.54, 1.807) is 6.92 Å². The number of carbonyl (C=O) groups is 1. The van der Waals surface area contributed by atoms with Crippen molar-refractivity contribution in [1.29, 1.82) is 0 Å². The number of hydrogen-bond acceptors (Lipinski definition) is 4. The van der Waals surface area contributed by atoms with Crippen LogP contribution in [0.25, 0.3) is 0 Å². The zero-order chi connectivity index (χ0) is 17.5. The van der Waals surface area contributed by atoms with E-state index < -0.39 is 17.5 Å². The lowest BCUT2D eigenvalue weighted by Gasteiger charge is -2.60. The van der Waals surface area contributed by atoms with Gasteiger partial charge in [0, 0.05) is 0 Å². The van der Waals surface area contributed by atoms with Gasteiger partial charge in [-0.1, -0.05) is 13.3 Å². The first-order valence-electron chi connectivity index (χ1n) is 9.51. The van der Waals surface area contributed by atoms with E-state index in [0.29, 0.717) is 30.8 Å². The average molecular weight is 340 g/mol. The Morgan fingerprint density at radius 2 is 1.88 bits per heavy atom. The maximum atomic E-state index is 11.9. The van der Waals surface area contributed by atoms with E-state index in [-0.39, 0.29) is 11.3 Å². The fourth-order valence-corrected chi connectivity index (χ4v) is 6.59. The summed E-state index contributed by atoms with van der Waals surface area (Å²) in [4.78, 5) is 16.2. The van der Waals surface area contributed by atoms with Crippen LogP contribution in [0.5, 0.6) is 0 Å². The Balaban J connectivity index is 1.83. The number of carboxylic acid groups (broad SMARTS) is 1. The van der Waals surface area contributed by atoms with Crippen molar-refractivity contribution in [1.82, 2.24) is 0 Å². The second-order valence-corrected chi connectivity index (χ2v) is 9.03. The lowest BCUT2D eigenvalue weighted by atomic mass is 9.45. The van der Waals surface area contributed by atoms with Crippen LogP contribution in [0.1, 0.15) is 65.2 Å². The maximum absolute atomic E-state index is 11.9. The number of carboxylic acids is 1. The molecule has 24 heavy (non-hydrogen) atoms. The molecule has 0 spiro atoms. The average Bonchev–Trinajstić information content (AvgIpc) is 2.50. The smallest absolute Gasteiger partial charge is 0.309 e. The molecule has 5 nitrogen and oxygen atoms in total. The van der Waals surface area contributed by atoms with Crippen LogP contribution in [0.2, 0.25) is 0 Å². The van der Waals surface area contributed by atoms with E-state index in [4.69, 9.17) is 5.26 Å². The normalized spacial score (nSPS) is 48.4. The summed E-state index contributed by atoms with van der Waals surface area (Å²) in [6.07, 6.45) is 7.87. The zero-order valence-corrected chi connectivity index (χ0v) is 14.9. The van der Waals surface area contributed by atoms with Crippen LogP contribution >= 0.6 is 0 Å². The number of hydrogen-bond donors (Lipinski definition) is 3. The van der Waals surface area contributed by atoms with Gasteiger partial charge in [0.05, 0.1) is 18.1 Å². The van der Waals surface area contributed by atoms with Gasteiger partial charge >= 0.3 is 5.97 Å². The van der Waals surface area contributed by atoms with E-state index in [9.17, 15) is 15.0 Å². The van der Waals surface area contributed by atoms with Gasteiger partial charge in [-0.2, -0.15) is 0 Å². The minimum absolute atomic E-state index is 0.0836. The lowest BCUT2D eigenvalue weighted by Crippen LogP contribution is -2.57. The molecule has 3 aliphatic carbocycles. The third-order valence-corrected chi connectivity index (χ3v) is 7.74. The van der Waals surface area contributed by atoms with Gasteiger partial charge < -0.3 is 10.2 Å². The summed E-state index contributed by atoms with van der Waals surface area (Å²) in [5.74, 6) is 0.203. The molecule has 0 aromatic heterocycles. The van der Waals surface area contributed by atoms with Gasteiger partial charge in [-0.25, -0.2) is 4.89 Å². The van der Waals surface area contributed by atoms with Gasteiger partial charge in [-0.3, -0.25) is 10.1 Å². The number of aliphatic carboxylic acids is 1. The van der Waals surface area contributed by atoms with Crippen molar-refractivity contribution in [2.45, 2.75) is 70.8 Å². The maximum Gasteiger partial charge on any atom is 0.309 e. The molecule has 0 heterocycles. The molecular weight excluding hydrogens is 308 g/mol. The number of aliphatic hydroxyl groups is 1. The molecule has 0 bridgehead atoms. The van der Waals surface area contributed by atoms with E-state index in [1.165, 1.54) is 12.8 Å². The molecule has 138 valence electrons. The highest BCUT2D eigenvalue weighted by Crippen LogP contribution is 2.62. The molecule has 0 saturated heterocycles. The summed E-state index contributed by atoms with van der Waals surface area (Å²) in [7, 11) is 0. The third-order valence-electron chi connectivity index (χ3n) is 7.74. The van der Waals surface area contributed by atoms with Crippen molar-refractivity contribution >= 4 is 5.97 Å². The SMILES string of the molecule is C[C@]12CC(CCOO)CCC1CCC1C2CC[C@](C)(O)C1C(=O)O. The van der Waals surface area contributed by atoms with Gasteiger partial charge in [-0.05, 0) is 81.0 Å². The Morgan fingerprint density at radius 3 is 2.54 bits per heavy atom. The molecule has 0 radical (unpaired) electrons. The predicted molar refractivity (Wildman–Crippen MR) is 89.3 cm³/mol. The van der Waals surface area contributed by atoms with Crippen LogP contribution < -0.4 is 0 Å². The quantitative estimate of drug-likeness (QED) is 0.538. The van der Waals surface area contributed by atoms with Gasteiger partial charge in [-0.15, -0.1) is 0 Å². The van der Waals surface area contributed by atoms with Crippen molar-refractivity contribution in [3.63, 3.8) is 0 Å². The standard InChI is InChI=1S/C19H32O5/c1-18-11-12(8-10-24-23)3-4-13(18)5-6-14-15(18)7-9-19(2,22)16(14)17(20)21/h12-16,22-23H,3-11H2,1-2H3,(H,20,21)/t12?,13?,14?,15?,16?,18-,19-/m0/s1. The van der Waals surface area contributed by atoms with Crippen LogP contribution in [-0.4, -0.2) is 33.6 Å². The van der Waals surface area contributed by atoms with Crippen LogP contribution in [-0.2, 0) is 9.68 Å². The summed E-state index contributed by atoms with van der Waals surface area (Å²) in [6, 6.07) is 0. The largest absolute Gasteiger partial charge is 0.481 e. The molecule has 3 rings (SSSR count). The molecule has 3 saturated carbocycles. The topological polar surface area (TPSA) is 87.0 Å². The first-order chi connectivity index (χ1) is 11.3. The number of fused-ring (bicyclic) bond motifs is 3. The van der Waals surface area contributed by atoms with Crippen LogP contribution in [0.15, 0.2) is 0 Å². The van der Waals surface area contributed by atoms with Gasteiger partial charge in [0.1, 0.15) is 0 Å². The molecule has 0 aromatic carbocycles. The highest BCUT2D eigenvalue weighted by Gasteiger charge is 2.58. The first-order valence-corrected chi connectivity index (χ1v) is 9.51. The summed E-state index contributed by atoms with van der Waals surface area (Å²) in [5, 5.41) is 29.1. The summed E-state index contributed by atoms with van der Waals surface area (Å²) in [5.41, 5.74) is -0.930. The van der Waals surface area contributed by atoms with Gasteiger partial charge in [0.2, 0.25) is 0 Å². The van der Waals surface area contributed by atoms with Crippen molar-refractivity contribution in [3.05, 3.63) is 0 Å². The van der Waals surface area contributed by atoms with Gasteiger partial charge in [0.15, 0.2) is 0 Å². The van der Waals surface area contributed by atoms with E-state index >= 15 is 0 Å². The fourth-order valence-electron chi connectivity index (χ4n) is 6.59. The Bertz CT molecular complexity index is 476. The molecule has 3 N–H and O–H groups in total. The Morgan fingerprint density at radius 1 is 1.17 bits per heavy atom. The molecule has 7 atom stereocenters. The van der Waals surface area contributed by atoms with Crippen molar-refractivity contribution < 1.29 is 25.2 Å². The molecule has 5 heteroatoms. The summed E-state index contributed by atoms with van der Waals surface area (Å²) < 4.78 is 0. The molecule has 0 aromatic rings. The second kappa shape index (κ2) is 6.58. The molecular formula is C19H32O5. The summed E-state index contributed by atoms with van der Waals surface area (Å²) in [6.45, 7) is 4.45. The Kier molecular flexibility index (Phi) is 4.98. The van der Waals surface area contributed by atoms with Crippen LogP contribution in [0.4, 0.5) is 0 Å². The molecule has 5 unspecified atom stereocenters. The molecule has 3 fully saturated rings. The monoisotopic (exact) mass is 340 g/mol. The summed E-state index contributed by atoms with van der Waals surface area (Å²) >= 11 is 0. The van der Waals surface area contributed by atoms with E-state index in [2.05, 4.69) is 11.8 Å². The van der Waals surface area contributed by atoms with E-state index in [0.717, 1.165) is 32.1 Å². The van der Waals surface area contributed by atoms with Crippen molar-refractivity contribution in [2.75, 3.05) is 6.61 Å². The Hall–Kier alpha value is -0.650. The minimum atomic E-state index is -1.09. The molecule has 3 aliphatic rings. The van der Waals surface area contributed by atoms with Crippen LogP contribution in [0, 0.1) is 35.0 Å². The predicted octanol–water partition coefficient (Wildman–Crippen LogP) is 3.56. The Labute approximate surface area is 144 Å². The third kappa shape index (κ3) is 2.99. The highest BCUT2D eigenvalue weighted by molar-refractivity contribution is 5.72.